The minimum atomic E-state index is -0.564. The van der Waals surface area contributed by atoms with Crippen molar-refractivity contribution in [3.05, 3.63) is 18.0 Å². The van der Waals surface area contributed by atoms with Gasteiger partial charge in [0.05, 0.1) is 0 Å². The molecule has 1 saturated carbocycles. The van der Waals surface area contributed by atoms with Crippen LogP contribution in [0.2, 0.25) is 0 Å². The number of nitrogens with zero attached hydrogens (tertiary/aromatic N) is 7. The lowest BCUT2D eigenvalue weighted by Crippen LogP contribution is -2.52. The molecule has 0 radical (unpaired) electrons. The summed E-state index contributed by atoms with van der Waals surface area (Å²) < 4.78 is 0. The monoisotopic (exact) mass is 385 g/mol. The fourth-order valence-electron chi connectivity index (χ4n) is 4.47. The van der Waals surface area contributed by atoms with Gasteiger partial charge in [-0.05, 0) is 44.6 Å². The maximum Gasteiger partial charge on any atom is 0.368 e. The van der Waals surface area contributed by atoms with E-state index in [0.29, 0.717) is 6.04 Å². The molecule has 0 spiro atoms. The Bertz CT molecular complexity index is 767. The Hall–Kier alpha value is -2.42. The predicted molar refractivity (Wildman–Crippen MR) is 103 cm³/mol. The van der Waals surface area contributed by atoms with Crippen LogP contribution in [-0.4, -0.2) is 77.0 Å². The van der Waals surface area contributed by atoms with Gasteiger partial charge >= 0.3 is 6.03 Å². The molecular weight excluding hydrogens is 358 g/mol. The summed E-state index contributed by atoms with van der Waals surface area (Å²) in [6.45, 7) is 5.87. The highest BCUT2D eigenvalue weighted by Crippen LogP contribution is 2.33. The molecular formula is C19H27N7O2. The molecule has 1 aliphatic carbocycles. The molecule has 2 fully saturated rings. The highest BCUT2D eigenvalue weighted by atomic mass is 16.2. The van der Waals surface area contributed by atoms with Crippen molar-refractivity contribution in [1.29, 1.82) is 0 Å². The number of piperazine rings is 1. The van der Waals surface area contributed by atoms with Crippen molar-refractivity contribution in [2.24, 2.45) is 16.1 Å². The van der Waals surface area contributed by atoms with E-state index >= 15 is 0 Å². The molecule has 3 aliphatic rings. The molecule has 2 aliphatic heterocycles. The fourth-order valence-corrected chi connectivity index (χ4v) is 4.47. The molecule has 28 heavy (non-hydrogen) atoms. The zero-order valence-electron chi connectivity index (χ0n) is 16.5. The molecule has 1 aromatic heterocycles. The van der Waals surface area contributed by atoms with Crippen LogP contribution in [0.4, 0.5) is 10.7 Å². The van der Waals surface area contributed by atoms with E-state index in [1.54, 1.807) is 0 Å². The smallest absolute Gasteiger partial charge is 0.338 e. The first-order valence-electron chi connectivity index (χ1n) is 10.0. The Kier molecular flexibility index (Phi) is 5.34. The maximum absolute atomic E-state index is 12.3. The van der Waals surface area contributed by atoms with E-state index < -0.39 is 12.1 Å². The number of carbonyl (C=O) groups excluding carboxylic acids is 2. The molecule has 4 rings (SSSR count). The van der Waals surface area contributed by atoms with Gasteiger partial charge < -0.3 is 4.90 Å². The summed E-state index contributed by atoms with van der Waals surface area (Å²) >= 11 is 0. The topological polar surface area (TPSA) is 94.4 Å². The number of imide groups is 1. The number of aromatic nitrogens is 2. The third kappa shape index (κ3) is 3.76. The Morgan fingerprint density at radius 1 is 1.04 bits per heavy atom. The minimum Gasteiger partial charge on any atom is -0.338 e. The number of carbonyl (C=O) groups is 2. The van der Waals surface area contributed by atoms with Crippen molar-refractivity contribution in [2.75, 3.05) is 38.1 Å². The summed E-state index contributed by atoms with van der Waals surface area (Å²) in [7, 11) is 1.49. The van der Waals surface area contributed by atoms with Gasteiger partial charge in [0.2, 0.25) is 5.95 Å². The number of aryl methyl sites for hydroxylation is 1. The maximum atomic E-state index is 12.3. The van der Waals surface area contributed by atoms with Crippen LogP contribution in [0.3, 0.4) is 0 Å². The Morgan fingerprint density at radius 3 is 2.43 bits per heavy atom. The van der Waals surface area contributed by atoms with Crippen LogP contribution in [-0.2, 0) is 4.79 Å². The van der Waals surface area contributed by atoms with E-state index in [9.17, 15) is 9.59 Å². The number of azo groups is 1. The van der Waals surface area contributed by atoms with Gasteiger partial charge in [-0.1, -0.05) is 5.11 Å². The minimum absolute atomic E-state index is 0.185. The fraction of sp³-hybridized carbons (Fsp3) is 0.684. The molecule has 9 nitrogen and oxygen atoms in total. The molecule has 0 N–H and O–H groups in total. The van der Waals surface area contributed by atoms with Crippen molar-refractivity contribution in [1.82, 2.24) is 19.8 Å². The van der Waals surface area contributed by atoms with Crippen LogP contribution in [0.15, 0.2) is 22.5 Å². The molecule has 9 heteroatoms. The number of urea groups is 1. The number of anilines is 1. The van der Waals surface area contributed by atoms with Crippen molar-refractivity contribution in [2.45, 2.75) is 44.7 Å². The molecule has 0 bridgehead atoms. The number of amides is 3. The highest BCUT2D eigenvalue weighted by molar-refractivity contribution is 5.98. The van der Waals surface area contributed by atoms with E-state index in [1.165, 1.54) is 7.05 Å². The van der Waals surface area contributed by atoms with E-state index in [0.717, 1.165) is 68.4 Å². The third-order valence-electron chi connectivity index (χ3n) is 6.22. The Balaban J connectivity index is 1.29. The summed E-state index contributed by atoms with van der Waals surface area (Å²) in [6, 6.07) is 1.42. The summed E-state index contributed by atoms with van der Waals surface area (Å²) in [6.07, 6.45) is 5.83. The molecule has 1 aromatic rings. The lowest BCUT2D eigenvalue weighted by Gasteiger charge is -2.42. The standard InChI is InChI=1S/C19H27N7O2/c1-13-7-8-20-18(21-13)26-11-9-25(10-12-26)15-5-3-14(4-6-15)16-17(27)24(2)19(28)23-22-16/h7-8,14-16H,3-6,9-12H2,1-2H3. The second-order valence-corrected chi connectivity index (χ2v) is 7.93. The summed E-state index contributed by atoms with van der Waals surface area (Å²) in [4.78, 5) is 38.6. The van der Waals surface area contributed by atoms with Gasteiger partial charge in [0.25, 0.3) is 5.91 Å². The first kappa shape index (κ1) is 18.9. The average Bonchev–Trinajstić information content (AvgIpc) is 2.73. The van der Waals surface area contributed by atoms with Gasteiger partial charge in [-0.25, -0.2) is 14.8 Å². The van der Waals surface area contributed by atoms with Gasteiger partial charge in [-0.2, -0.15) is 5.11 Å². The predicted octanol–water partition coefficient (Wildman–Crippen LogP) is 1.88. The molecule has 0 aromatic carbocycles. The first-order chi connectivity index (χ1) is 13.5. The summed E-state index contributed by atoms with van der Waals surface area (Å²) in [5.41, 5.74) is 0.993. The van der Waals surface area contributed by atoms with Crippen molar-refractivity contribution in [3.8, 4) is 0 Å². The van der Waals surface area contributed by atoms with Crippen LogP contribution in [0.25, 0.3) is 0 Å². The van der Waals surface area contributed by atoms with E-state index in [4.69, 9.17) is 0 Å². The Morgan fingerprint density at radius 2 is 1.75 bits per heavy atom. The first-order valence-corrected chi connectivity index (χ1v) is 10.0. The molecule has 1 unspecified atom stereocenters. The molecule has 1 saturated heterocycles. The molecule has 150 valence electrons. The average molecular weight is 385 g/mol. The van der Waals surface area contributed by atoms with Crippen LogP contribution in [0.5, 0.6) is 0 Å². The SMILES string of the molecule is Cc1ccnc(N2CCN(C3CCC(C4N=NC(=O)N(C)C4=O)CC3)CC2)n1. The van der Waals surface area contributed by atoms with E-state index in [1.807, 2.05) is 19.2 Å². The number of hydrogen-bond donors (Lipinski definition) is 0. The van der Waals surface area contributed by atoms with Crippen LogP contribution in [0.1, 0.15) is 31.4 Å². The molecule has 3 amide bonds. The van der Waals surface area contributed by atoms with E-state index in [-0.39, 0.29) is 11.8 Å². The lowest BCUT2D eigenvalue weighted by atomic mass is 9.80. The largest absolute Gasteiger partial charge is 0.368 e. The van der Waals surface area contributed by atoms with Gasteiger partial charge in [-0.3, -0.25) is 14.6 Å². The third-order valence-corrected chi connectivity index (χ3v) is 6.22. The van der Waals surface area contributed by atoms with E-state index in [2.05, 4.69) is 30.0 Å². The summed E-state index contributed by atoms with van der Waals surface area (Å²) in [5.74, 6) is 0.795. The lowest BCUT2D eigenvalue weighted by molar-refractivity contribution is -0.131. The van der Waals surface area contributed by atoms with Crippen molar-refractivity contribution >= 4 is 17.9 Å². The highest BCUT2D eigenvalue weighted by Gasteiger charge is 2.39. The second-order valence-electron chi connectivity index (χ2n) is 7.93. The van der Waals surface area contributed by atoms with Crippen molar-refractivity contribution < 1.29 is 9.59 Å². The van der Waals surface area contributed by atoms with Crippen LogP contribution >= 0.6 is 0 Å². The van der Waals surface area contributed by atoms with Crippen molar-refractivity contribution in [3.63, 3.8) is 0 Å². The number of rotatable bonds is 3. The summed E-state index contributed by atoms with van der Waals surface area (Å²) in [5, 5.41) is 7.64. The van der Waals surface area contributed by atoms with Gasteiger partial charge in [0.15, 0.2) is 6.04 Å². The molecule has 3 heterocycles. The quantitative estimate of drug-likeness (QED) is 0.788. The van der Waals surface area contributed by atoms with Crippen LogP contribution < -0.4 is 4.90 Å². The molecule has 1 atom stereocenters. The zero-order valence-corrected chi connectivity index (χ0v) is 16.5. The number of hydrogen-bond acceptors (Lipinski definition) is 7. The Labute approximate surface area is 164 Å². The second kappa shape index (κ2) is 7.90. The number of likely N-dealkylation sites (N-methyl/N-ethyl adjacent to an activating group) is 1. The van der Waals surface area contributed by atoms with Crippen LogP contribution in [0, 0.1) is 12.8 Å². The van der Waals surface area contributed by atoms with Gasteiger partial charge in [-0.15, -0.1) is 0 Å². The van der Waals surface area contributed by atoms with Gasteiger partial charge in [0, 0.05) is 51.2 Å². The zero-order chi connectivity index (χ0) is 19.7. The van der Waals surface area contributed by atoms with Gasteiger partial charge in [0.1, 0.15) is 0 Å². The normalized spacial score (nSPS) is 29.4.